The minimum atomic E-state index is -0.520. The first-order valence-corrected chi connectivity index (χ1v) is 10.4. The lowest BCUT2D eigenvalue weighted by atomic mass is 9.98. The van der Waals surface area contributed by atoms with Crippen LogP contribution in [0.3, 0.4) is 0 Å². The fourth-order valence-electron chi connectivity index (χ4n) is 3.87. The number of rotatable bonds is 4. The summed E-state index contributed by atoms with van der Waals surface area (Å²) in [5.74, 6) is -0.137. The molecule has 5 nitrogen and oxygen atoms in total. The zero-order valence-electron chi connectivity index (χ0n) is 17.9. The summed E-state index contributed by atoms with van der Waals surface area (Å²) in [5.41, 5.74) is 5.52. The number of carbonyl (C=O) groups is 2. The van der Waals surface area contributed by atoms with E-state index in [0.717, 1.165) is 0 Å². The van der Waals surface area contributed by atoms with E-state index >= 15 is 0 Å². The molecule has 0 atom stereocenters. The summed E-state index contributed by atoms with van der Waals surface area (Å²) >= 11 is 0. The van der Waals surface area contributed by atoms with Crippen LogP contribution in [0.25, 0.3) is 11.1 Å². The Morgan fingerprint density at radius 2 is 1.39 bits per heavy atom. The van der Waals surface area contributed by atoms with Crippen LogP contribution in [0.5, 0.6) is 0 Å². The largest absolute Gasteiger partial charge is 0.448 e. The van der Waals surface area contributed by atoms with Gasteiger partial charge in [-0.2, -0.15) is 0 Å². The fourth-order valence-corrected chi connectivity index (χ4v) is 3.87. The van der Waals surface area contributed by atoms with E-state index in [1.165, 1.54) is 22.3 Å². The van der Waals surface area contributed by atoms with E-state index in [0.29, 0.717) is 11.3 Å². The maximum Gasteiger partial charge on any atom is 0.411 e. The molecule has 1 aliphatic rings. The molecular weight excluding hydrogens is 388 g/mol. The fraction of sp³-hybridized carbons (Fsp3) is 0.231. The van der Waals surface area contributed by atoms with Crippen molar-refractivity contribution >= 4 is 17.7 Å². The Morgan fingerprint density at radius 3 is 1.94 bits per heavy atom. The molecule has 0 heterocycles. The standard InChI is InChI=1S/C26H26N2O3/c1-26(2,3)28-24(29)17-12-14-18(15-13-17)27-25(30)31-16-23-21-10-6-4-8-19(21)20-9-5-7-11-22(20)23/h4-15,23H,16H2,1-3H3,(H,27,30)(H,28,29). The molecule has 2 amide bonds. The van der Waals surface area contributed by atoms with E-state index in [1.54, 1.807) is 24.3 Å². The molecule has 158 valence electrons. The van der Waals surface area contributed by atoms with Crippen molar-refractivity contribution in [2.45, 2.75) is 32.2 Å². The maximum absolute atomic E-state index is 12.4. The molecule has 0 unspecified atom stereocenters. The first-order chi connectivity index (χ1) is 14.8. The lowest BCUT2D eigenvalue weighted by Crippen LogP contribution is -2.40. The Hall–Kier alpha value is -3.60. The van der Waals surface area contributed by atoms with E-state index < -0.39 is 6.09 Å². The van der Waals surface area contributed by atoms with Crippen LogP contribution in [0.2, 0.25) is 0 Å². The predicted molar refractivity (Wildman–Crippen MR) is 122 cm³/mol. The minimum absolute atomic E-state index is 0.0154. The zero-order valence-corrected chi connectivity index (χ0v) is 17.9. The maximum atomic E-state index is 12.4. The third-order valence-corrected chi connectivity index (χ3v) is 5.23. The van der Waals surface area contributed by atoms with Gasteiger partial charge in [0.25, 0.3) is 5.91 Å². The Balaban J connectivity index is 1.39. The van der Waals surface area contributed by atoms with Crippen LogP contribution in [-0.2, 0) is 4.74 Å². The molecule has 2 N–H and O–H groups in total. The van der Waals surface area contributed by atoms with Crippen molar-refractivity contribution < 1.29 is 14.3 Å². The summed E-state index contributed by atoms with van der Waals surface area (Å²) in [4.78, 5) is 24.6. The van der Waals surface area contributed by atoms with Gasteiger partial charge in [-0.3, -0.25) is 10.1 Å². The topological polar surface area (TPSA) is 67.4 Å². The molecule has 0 radical (unpaired) electrons. The number of ether oxygens (including phenoxy) is 1. The number of fused-ring (bicyclic) bond motifs is 3. The van der Waals surface area contributed by atoms with Crippen molar-refractivity contribution in [2.75, 3.05) is 11.9 Å². The molecule has 0 aliphatic heterocycles. The Kier molecular flexibility index (Phi) is 5.51. The van der Waals surface area contributed by atoms with Gasteiger partial charge in [-0.05, 0) is 67.3 Å². The molecule has 3 aromatic carbocycles. The van der Waals surface area contributed by atoms with Crippen LogP contribution in [0, 0.1) is 0 Å². The molecule has 0 fully saturated rings. The Bertz CT molecular complexity index is 1070. The lowest BCUT2D eigenvalue weighted by molar-refractivity contribution is 0.0919. The van der Waals surface area contributed by atoms with E-state index in [9.17, 15) is 9.59 Å². The van der Waals surface area contributed by atoms with Crippen LogP contribution in [-0.4, -0.2) is 24.1 Å². The van der Waals surface area contributed by atoms with Crippen LogP contribution in [0.1, 0.15) is 48.2 Å². The van der Waals surface area contributed by atoms with Crippen LogP contribution < -0.4 is 10.6 Å². The van der Waals surface area contributed by atoms with Crippen molar-refractivity contribution in [3.05, 3.63) is 89.5 Å². The van der Waals surface area contributed by atoms with E-state index in [2.05, 4.69) is 34.9 Å². The number of nitrogens with one attached hydrogen (secondary N) is 2. The van der Waals surface area contributed by atoms with Gasteiger partial charge in [0.15, 0.2) is 0 Å². The third kappa shape index (κ3) is 4.61. The third-order valence-electron chi connectivity index (χ3n) is 5.23. The minimum Gasteiger partial charge on any atom is -0.448 e. The number of carbonyl (C=O) groups excluding carboxylic acids is 2. The number of amides is 2. The molecule has 4 rings (SSSR count). The van der Waals surface area contributed by atoms with Crippen molar-refractivity contribution in [1.29, 1.82) is 0 Å². The van der Waals surface area contributed by atoms with Gasteiger partial charge >= 0.3 is 6.09 Å². The van der Waals surface area contributed by atoms with Crippen molar-refractivity contribution in [2.24, 2.45) is 0 Å². The van der Waals surface area contributed by atoms with E-state index in [-0.39, 0.29) is 24.0 Å². The molecule has 3 aromatic rings. The van der Waals surface area contributed by atoms with Gasteiger partial charge in [-0.15, -0.1) is 0 Å². The van der Waals surface area contributed by atoms with E-state index in [1.807, 2.05) is 45.0 Å². The highest BCUT2D eigenvalue weighted by atomic mass is 16.5. The molecular formula is C26H26N2O3. The normalized spacial score (nSPS) is 12.6. The SMILES string of the molecule is CC(C)(C)NC(=O)c1ccc(NC(=O)OCC2c3ccccc3-c3ccccc32)cc1. The molecule has 5 heteroatoms. The number of hydrogen-bond acceptors (Lipinski definition) is 3. The van der Waals surface area contributed by atoms with E-state index in [4.69, 9.17) is 4.74 Å². The van der Waals surface area contributed by atoms with Gasteiger partial charge in [0.05, 0.1) is 0 Å². The van der Waals surface area contributed by atoms with Crippen LogP contribution in [0.15, 0.2) is 72.8 Å². The summed E-state index contributed by atoms with van der Waals surface area (Å²) < 4.78 is 5.56. The zero-order chi connectivity index (χ0) is 22.0. The van der Waals surface area contributed by atoms with Gasteiger partial charge in [-0.1, -0.05) is 48.5 Å². The highest BCUT2D eigenvalue weighted by Gasteiger charge is 2.29. The first-order valence-electron chi connectivity index (χ1n) is 10.4. The summed E-state index contributed by atoms with van der Waals surface area (Å²) in [5, 5.41) is 5.65. The molecule has 1 aliphatic carbocycles. The van der Waals surface area contributed by atoms with Gasteiger partial charge < -0.3 is 10.1 Å². The second-order valence-electron chi connectivity index (χ2n) is 8.73. The molecule has 0 saturated heterocycles. The average molecular weight is 415 g/mol. The second-order valence-corrected chi connectivity index (χ2v) is 8.73. The number of anilines is 1. The number of benzene rings is 3. The van der Waals surface area contributed by atoms with Gasteiger partial charge in [-0.25, -0.2) is 4.79 Å². The lowest BCUT2D eigenvalue weighted by Gasteiger charge is -2.20. The Labute approximate surface area is 182 Å². The highest BCUT2D eigenvalue weighted by Crippen LogP contribution is 2.44. The Morgan fingerprint density at radius 1 is 0.839 bits per heavy atom. The van der Waals surface area contributed by atoms with Gasteiger partial charge in [0.2, 0.25) is 0 Å². The molecule has 0 aromatic heterocycles. The first kappa shape index (κ1) is 20.7. The average Bonchev–Trinajstić information content (AvgIpc) is 3.05. The van der Waals surface area contributed by atoms with Crippen molar-refractivity contribution in [3.63, 3.8) is 0 Å². The molecule has 0 spiro atoms. The summed E-state index contributed by atoms with van der Waals surface area (Å²) in [7, 11) is 0. The van der Waals surface area contributed by atoms with Gasteiger partial charge in [0.1, 0.15) is 6.61 Å². The molecule has 0 bridgehead atoms. The predicted octanol–water partition coefficient (Wildman–Crippen LogP) is 5.58. The van der Waals surface area contributed by atoms with Crippen molar-refractivity contribution in [3.8, 4) is 11.1 Å². The monoisotopic (exact) mass is 414 g/mol. The highest BCUT2D eigenvalue weighted by molar-refractivity contribution is 5.95. The molecule has 0 saturated carbocycles. The van der Waals surface area contributed by atoms with Crippen LogP contribution >= 0.6 is 0 Å². The quantitative estimate of drug-likeness (QED) is 0.586. The summed E-state index contributed by atoms with van der Waals surface area (Å²) in [6.45, 7) is 6.04. The summed E-state index contributed by atoms with van der Waals surface area (Å²) in [6, 6.07) is 23.2. The van der Waals surface area contributed by atoms with Crippen LogP contribution in [0.4, 0.5) is 10.5 Å². The second kappa shape index (κ2) is 8.26. The summed E-state index contributed by atoms with van der Waals surface area (Å²) in [6.07, 6.45) is -0.520. The smallest absolute Gasteiger partial charge is 0.411 e. The van der Waals surface area contributed by atoms with Gasteiger partial charge in [0, 0.05) is 22.7 Å². The van der Waals surface area contributed by atoms with Crippen molar-refractivity contribution in [1.82, 2.24) is 5.32 Å². The molecule has 31 heavy (non-hydrogen) atoms. The number of hydrogen-bond donors (Lipinski definition) is 2.